The molecule has 0 radical (unpaired) electrons. The molecule has 0 bridgehead atoms. The van der Waals surface area contributed by atoms with Gasteiger partial charge in [-0.25, -0.2) is 9.78 Å². The van der Waals surface area contributed by atoms with Crippen molar-refractivity contribution in [3.05, 3.63) is 87.4 Å². The molecule has 166 valence electrons. The summed E-state index contributed by atoms with van der Waals surface area (Å²) in [5.41, 5.74) is 2.76. The fraction of sp³-hybridized carbons (Fsp3) is 0.174. The molecular formula is C23H21Cl2N3O4. The predicted octanol–water partition coefficient (Wildman–Crippen LogP) is 4.18. The van der Waals surface area contributed by atoms with Gasteiger partial charge in [-0.15, -0.1) is 0 Å². The summed E-state index contributed by atoms with van der Waals surface area (Å²) in [5, 5.41) is 13.1. The standard InChI is InChI=1S/C23H21Cl2N3O4/c1-2-32-23(31)19-8-5-15(12-26-19)6-10-21(30)27-13-16-4-3-11-28(16)20-9-7-18(24)17(14-29)22(20)25/h3-12,29H,2,13-14H2,1H3,(H,27,30)/b10-6+. The lowest BCUT2D eigenvalue weighted by Gasteiger charge is -2.14. The van der Waals surface area contributed by atoms with E-state index in [0.29, 0.717) is 26.9 Å². The van der Waals surface area contributed by atoms with Gasteiger partial charge < -0.3 is 19.7 Å². The molecule has 0 fully saturated rings. The van der Waals surface area contributed by atoms with Crippen LogP contribution in [0.4, 0.5) is 0 Å². The Morgan fingerprint density at radius 2 is 2.03 bits per heavy atom. The lowest BCUT2D eigenvalue weighted by molar-refractivity contribution is -0.116. The number of carbonyl (C=O) groups excluding carboxylic acids is 2. The Bertz CT molecular complexity index is 1140. The highest BCUT2D eigenvalue weighted by Crippen LogP contribution is 2.31. The molecule has 3 aromatic rings. The molecule has 9 heteroatoms. The molecule has 7 nitrogen and oxygen atoms in total. The van der Waals surface area contributed by atoms with Crippen LogP contribution in [0.1, 0.15) is 34.2 Å². The molecule has 2 aromatic heterocycles. The number of halogens is 2. The molecule has 0 saturated heterocycles. The van der Waals surface area contributed by atoms with Crippen molar-refractivity contribution in [2.75, 3.05) is 6.61 Å². The van der Waals surface area contributed by atoms with Crippen LogP contribution in [0.3, 0.4) is 0 Å². The average Bonchev–Trinajstić information content (AvgIpc) is 3.25. The molecule has 32 heavy (non-hydrogen) atoms. The van der Waals surface area contributed by atoms with E-state index in [1.54, 1.807) is 37.3 Å². The first-order chi connectivity index (χ1) is 15.4. The SMILES string of the molecule is CCOC(=O)c1ccc(/C=C/C(=O)NCc2cccn2-c2ccc(Cl)c(CO)c2Cl)cn1. The van der Waals surface area contributed by atoms with Crippen molar-refractivity contribution in [3.63, 3.8) is 0 Å². The van der Waals surface area contributed by atoms with Gasteiger partial charge in [0.05, 0.1) is 30.5 Å². The summed E-state index contributed by atoms with van der Waals surface area (Å²) < 4.78 is 6.71. The average molecular weight is 474 g/mol. The van der Waals surface area contributed by atoms with Crippen molar-refractivity contribution < 1.29 is 19.4 Å². The Balaban J connectivity index is 1.64. The largest absolute Gasteiger partial charge is 0.461 e. The van der Waals surface area contributed by atoms with Crippen LogP contribution in [-0.2, 0) is 22.7 Å². The number of nitrogens with zero attached hydrogens (tertiary/aromatic N) is 2. The first-order valence-electron chi connectivity index (χ1n) is 9.78. The second-order valence-electron chi connectivity index (χ2n) is 6.64. The smallest absolute Gasteiger partial charge is 0.356 e. The molecule has 1 amide bonds. The van der Waals surface area contributed by atoms with E-state index in [-0.39, 0.29) is 31.4 Å². The molecule has 0 aliphatic heterocycles. The molecule has 2 N–H and O–H groups in total. The Morgan fingerprint density at radius 1 is 1.22 bits per heavy atom. The van der Waals surface area contributed by atoms with E-state index < -0.39 is 5.97 Å². The number of aliphatic hydroxyl groups excluding tert-OH is 1. The Labute approximate surface area is 195 Å². The van der Waals surface area contributed by atoms with Gasteiger partial charge in [-0.2, -0.15) is 0 Å². The van der Waals surface area contributed by atoms with Gasteiger partial charge in [-0.3, -0.25) is 4.79 Å². The minimum atomic E-state index is -0.490. The van der Waals surface area contributed by atoms with Crippen molar-refractivity contribution in [1.29, 1.82) is 0 Å². The zero-order valence-corrected chi connectivity index (χ0v) is 18.7. The maximum atomic E-state index is 12.3. The molecule has 0 aliphatic rings. The second-order valence-corrected chi connectivity index (χ2v) is 7.42. The highest BCUT2D eigenvalue weighted by atomic mass is 35.5. The van der Waals surface area contributed by atoms with E-state index in [2.05, 4.69) is 10.3 Å². The Morgan fingerprint density at radius 3 is 2.72 bits per heavy atom. The lowest BCUT2D eigenvalue weighted by atomic mass is 10.2. The zero-order valence-electron chi connectivity index (χ0n) is 17.2. The molecule has 1 aromatic carbocycles. The summed E-state index contributed by atoms with van der Waals surface area (Å²) in [6, 6.07) is 10.3. The van der Waals surface area contributed by atoms with Gasteiger partial charge in [0.2, 0.25) is 5.91 Å². The van der Waals surface area contributed by atoms with Crippen LogP contribution in [0.25, 0.3) is 11.8 Å². The van der Waals surface area contributed by atoms with E-state index in [4.69, 9.17) is 27.9 Å². The van der Waals surface area contributed by atoms with Crippen LogP contribution in [0, 0.1) is 0 Å². The minimum Gasteiger partial charge on any atom is -0.461 e. The van der Waals surface area contributed by atoms with Crippen LogP contribution in [0.2, 0.25) is 10.0 Å². The van der Waals surface area contributed by atoms with Crippen LogP contribution in [-0.4, -0.2) is 33.1 Å². The fourth-order valence-corrected chi connectivity index (χ4v) is 3.53. The van der Waals surface area contributed by atoms with Gasteiger partial charge in [0.15, 0.2) is 0 Å². The third-order valence-corrected chi connectivity index (χ3v) is 5.33. The van der Waals surface area contributed by atoms with E-state index in [0.717, 1.165) is 5.69 Å². The van der Waals surface area contributed by atoms with E-state index in [1.165, 1.54) is 12.3 Å². The van der Waals surface area contributed by atoms with Gasteiger partial charge >= 0.3 is 5.97 Å². The number of aliphatic hydroxyl groups is 1. The van der Waals surface area contributed by atoms with E-state index >= 15 is 0 Å². The molecule has 0 aliphatic carbocycles. The summed E-state index contributed by atoms with van der Waals surface area (Å²) in [5.74, 6) is -0.791. The summed E-state index contributed by atoms with van der Waals surface area (Å²) in [7, 11) is 0. The summed E-state index contributed by atoms with van der Waals surface area (Å²) in [6.07, 6.45) is 6.28. The lowest BCUT2D eigenvalue weighted by Crippen LogP contribution is -2.21. The minimum absolute atomic E-state index is 0.208. The number of nitrogens with one attached hydrogen (secondary N) is 1. The van der Waals surface area contributed by atoms with Crippen LogP contribution >= 0.6 is 23.2 Å². The molecule has 3 rings (SSSR count). The highest BCUT2D eigenvalue weighted by molar-refractivity contribution is 6.37. The summed E-state index contributed by atoms with van der Waals surface area (Å²) in [6.45, 7) is 1.97. The van der Waals surface area contributed by atoms with Gasteiger partial charge in [0.25, 0.3) is 0 Å². The topological polar surface area (TPSA) is 93.5 Å². The number of rotatable bonds is 8. The monoisotopic (exact) mass is 473 g/mol. The Kier molecular flexibility index (Phi) is 8.05. The summed E-state index contributed by atoms with van der Waals surface area (Å²) in [4.78, 5) is 27.9. The quantitative estimate of drug-likeness (QED) is 0.378. The maximum Gasteiger partial charge on any atom is 0.356 e. The number of esters is 1. The number of hydrogen-bond acceptors (Lipinski definition) is 5. The number of ether oxygens (including phenoxy) is 1. The Hall–Kier alpha value is -3.13. The van der Waals surface area contributed by atoms with Crippen molar-refractivity contribution in [2.24, 2.45) is 0 Å². The van der Waals surface area contributed by atoms with Gasteiger partial charge in [0, 0.05) is 34.7 Å². The fourth-order valence-electron chi connectivity index (χ4n) is 2.95. The number of carbonyl (C=O) groups is 2. The van der Waals surface area contributed by atoms with Crippen LogP contribution in [0.5, 0.6) is 0 Å². The zero-order chi connectivity index (χ0) is 23.1. The third-order valence-electron chi connectivity index (χ3n) is 4.56. The second kappa shape index (κ2) is 10.9. The molecule has 0 spiro atoms. The summed E-state index contributed by atoms with van der Waals surface area (Å²) >= 11 is 12.5. The highest BCUT2D eigenvalue weighted by Gasteiger charge is 2.13. The van der Waals surface area contributed by atoms with E-state index in [1.807, 2.05) is 22.9 Å². The van der Waals surface area contributed by atoms with Crippen molar-refractivity contribution in [1.82, 2.24) is 14.9 Å². The normalized spacial score (nSPS) is 11.0. The van der Waals surface area contributed by atoms with Crippen molar-refractivity contribution in [2.45, 2.75) is 20.1 Å². The molecule has 0 atom stereocenters. The van der Waals surface area contributed by atoms with Crippen molar-refractivity contribution >= 4 is 41.2 Å². The number of aromatic nitrogens is 2. The number of amides is 1. The van der Waals surface area contributed by atoms with Crippen molar-refractivity contribution in [3.8, 4) is 5.69 Å². The van der Waals surface area contributed by atoms with Crippen LogP contribution in [0.15, 0.2) is 54.9 Å². The molecule has 0 unspecified atom stereocenters. The number of pyridine rings is 1. The molecule has 0 saturated carbocycles. The maximum absolute atomic E-state index is 12.3. The predicted molar refractivity (Wildman–Crippen MR) is 123 cm³/mol. The van der Waals surface area contributed by atoms with Crippen LogP contribution < -0.4 is 5.32 Å². The molecular weight excluding hydrogens is 453 g/mol. The number of benzene rings is 1. The molecule has 2 heterocycles. The van der Waals surface area contributed by atoms with Gasteiger partial charge in [0.1, 0.15) is 5.69 Å². The third kappa shape index (κ3) is 5.56. The number of hydrogen-bond donors (Lipinski definition) is 2. The first-order valence-corrected chi connectivity index (χ1v) is 10.5. The van der Waals surface area contributed by atoms with E-state index in [9.17, 15) is 14.7 Å². The first kappa shape index (κ1) is 23.5. The van der Waals surface area contributed by atoms with Gasteiger partial charge in [-0.05, 0) is 48.9 Å². The van der Waals surface area contributed by atoms with Gasteiger partial charge in [-0.1, -0.05) is 29.3 Å².